The molecule has 25 heavy (non-hydrogen) atoms. The second-order valence-electron chi connectivity index (χ2n) is 6.96. The van der Waals surface area contributed by atoms with Gasteiger partial charge in [-0.15, -0.1) is 0 Å². The topological polar surface area (TPSA) is 70.2 Å². The molecule has 1 aliphatic rings. The van der Waals surface area contributed by atoms with Gasteiger partial charge in [-0.2, -0.15) is 0 Å². The summed E-state index contributed by atoms with van der Waals surface area (Å²) in [4.78, 5) is 0.338. The van der Waals surface area contributed by atoms with Gasteiger partial charge in [-0.05, 0) is 51.3 Å². The van der Waals surface area contributed by atoms with Crippen LogP contribution in [-0.4, -0.2) is 40.6 Å². The molecule has 0 amide bonds. The summed E-state index contributed by atoms with van der Waals surface area (Å²) in [6.07, 6.45) is 8.58. The van der Waals surface area contributed by atoms with Gasteiger partial charge < -0.3 is 10.6 Å². The SMILES string of the molecule is Cc1ccc(S(=O)(=O)NCCCCNCCNC2CCCCC2)cc1. The summed E-state index contributed by atoms with van der Waals surface area (Å²) in [5.41, 5.74) is 1.06. The molecule has 6 heteroatoms. The van der Waals surface area contributed by atoms with Crippen LogP contribution >= 0.6 is 0 Å². The largest absolute Gasteiger partial charge is 0.315 e. The second kappa shape index (κ2) is 10.9. The standard InChI is InChI=1S/C19H33N3O2S/c1-17-9-11-19(12-10-17)25(23,24)22-14-6-5-13-20-15-16-21-18-7-3-2-4-8-18/h9-12,18,20-22H,2-8,13-16H2,1H3. The van der Waals surface area contributed by atoms with Gasteiger partial charge in [-0.1, -0.05) is 37.0 Å². The van der Waals surface area contributed by atoms with E-state index in [9.17, 15) is 8.42 Å². The fraction of sp³-hybridized carbons (Fsp3) is 0.684. The van der Waals surface area contributed by atoms with Crippen LogP contribution in [0.3, 0.4) is 0 Å². The minimum atomic E-state index is -3.37. The predicted octanol–water partition coefficient (Wildman–Crippen LogP) is 2.57. The van der Waals surface area contributed by atoms with Crippen LogP contribution in [0.2, 0.25) is 0 Å². The van der Waals surface area contributed by atoms with Gasteiger partial charge in [-0.25, -0.2) is 13.1 Å². The van der Waals surface area contributed by atoms with Crippen LogP contribution < -0.4 is 15.4 Å². The summed E-state index contributed by atoms with van der Waals surface area (Å²) in [5, 5.41) is 7.03. The lowest BCUT2D eigenvalue weighted by Crippen LogP contribution is -2.36. The third kappa shape index (κ3) is 7.86. The minimum absolute atomic E-state index is 0.338. The molecule has 142 valence electrons. The maximum atomic E-state index is 12.1. The lowest BCUT2D eigenvalue weighted by atomic mass is 9.95. The van der Waals surface area contributed by atoms with E-state index in [4.69, 9.17) is 0 Å². The molecule has 0 bridgehead atoms. The Labute approximate surface area is 153 Å². The van der Waals surface area contributed by atoms with Crippen molar-refractivity contribution in [3.63, 3.8) is 0 Å². The molecule has 0 atom stereocenters. The smallest absolute Gasteiger partial charge is 0.240 e. The van der Waals surface area contributed by atoms with Crippen LogP contribution in [-0.2, 0) is 10.0 Å². The van der Waals surface area contributed by atoms with Crippen molar-refractivity contribution in [1.29, 1.82) is 0 Å². The highest BCUT2D eigenvalue weighted by atomic mass is 32.2. The fourth-order valence-electron chi connectivity index (χ4n) is 3.18. The van der Waals surface area contributed by atoms with Crippen LogP contribution in [0.5, 0.6) is 0 Å². The Balaban J connectivity index is 1.48. The van der Waals surface area contributed by atoms with Crippen molar-refractivity contribution in [2.24, 2.45) is 0 Å². The van der Waals surface area contributed by atoms with Crippen molar-refractivity contribution in [2.75, 3.05) is 26.2 Å². The summed E-state index contributed by atoms with van der Waals surface area (Å²) in [5.74, 6) is 0. The summed E-state index contributed by atoms with van der Waals surface area (Å²) in [6.45, 7) is 5.36. The molecule has 3 N–H and O–H groups in total. The van der Waals surface area contributed by atoms with Crippen molar-refractivity contribution < 1.29 is 8.42 Å². The number of aryl methyl sites for hydroxylation is 1. The zero-order valence-electron chi connectivity index (χ0n) is 15.4. The second-order valence-corrected chi connectivity index (χ2v) is 8.72. The monoisotopic (exact) mass is 367 g/mol. The van der Waals surface area contributed by atoms with E-state index < -0.39 is 10.0 Å². The lowest BCUT2D eigenvalue weighted by molar-refractivity contribution is 0.372. The summed E-state index contributed by atoms with van der Waals surface area (Å²) in [6, 6.07) is 7.66. The molecule has 1 fully saturated rings. The maximum absolute atomic E-state index is 12.1. The van der Waals surface area contributed by atoms with E-state index in [1.54, 1.807) is 12.1 Å². The summed E-state index contributed by atoms with van der Waals surface area (Å²) < 4.78 is 26.9. The van der Waals surface area contributed by atoms with Crippen molar-refractivity contribution in [3.05, 3.63) is 29.8 Å². The quantitative estimate of drug-likeness (QED) is 0.526. The van der Waals surface area contributed by atoms with Crippen molar-refractivity contribution in [3.8, 4) is 0 Å². The first-order valence-electron chi connectivity index (χ1n) is 9.58. The average molecular weight is 368 g/mol. The molecule has 0 radical (unpaired) electrons. The van der Waals surface area contributed by atoms with Gasteiger partial charge in [0.25, 0.3) is 0 Å². The molecule has 1 aromatic carbocycles. The van der Waals surface area contributed by atoms with Crippen LogP contribution in [0.4, 0.5) is 0 Å². The maximum Gasteiger partial charge on any atom is 0.240 e. The molecular formula is C19H33N3O2S. The van der Waals surface area contributed by atoms with Gasteiger partial charge in [0.05, 0.1) is 4.90 Å². The third-order valence-corrected chi connectivity index (χ3v) is 6.22. The molecule has 0 saturated heterocycles. The Morgan fingerprint density at radius 2 is 1.60 bits per heavy atom. The Morgan fingerprint density at radius 1 is 0.920 bits per heavy atom. The number of hydrogen-bond acceptors (Lipinski definition) is 4. The summed E-state index contributed by atoms with van der Waals surface area (Å²) >= 11 is 0. The number of nitrogens with one attached hydrogen (secondary N) is 3. The molecule has 1 saturated carbocycles. The Hall–Kier alpha value is -0.950. The first-order chi connectivity index (χ1) is 12.1. The number of rotatable bonds is 11. The fourth-order valence-corrected chi connectivity index (χ4v) is 4.25. The first kappa shape index (κ1) is 20.4. The zero-order valence-corrected chi connectivity index (χ0v) is 16.2. The van der Waals surface area contributed by atoms with Crippen LogP contribution in [0.25, 0.3) is 0 Å². The van der Waals surface area contributed by atoms with E-state index in [0.717, 1.165) is 38.0 Å². The molecule has 1 aromatic rings. The van der Waals surface area contributed by atoms with Crippen molar-refractivity contribution in [2.45, 2.75) is 62.8 Å². The lowest BCUT2D eigenvalue weighted by Gasteiger charge is -2.22. The summed E-state index contributed by atoms with van der Waals surface area (Å²) in [7, 11) is -3.37. The Morgan fingerprint density at radius 3 is 2.32 bits per heavy atom. The van der Waals surface area contributed by atoms with Gasteiger partial charge in [0, 0.05) is 25.7 Å². The van der Waals surface area contributed by atoms with Gasteiger partial charge >= 0.3 is 0 Å². The van der Waals surface area contributed by atoms with E-state index in [0.29, 0.717) is 17.5 Å². The molecule has 1 aliphatic carbocycles. The molecule has 0 aliphatic heterocycles. The molecule has 0 unspecified atom stereocenters. The van der Waals surface area contributed by atoms with Gasteiger partial charge in [-0.3, -0.25) is 0 Å². The van der Waals surface area contributed by atoms with E-state index in [-0.39, 0.29) is 0 Å². The van der Waals surface area contributed by atoms with Crippen LogP contribution in [0.15, 0.2) is 29.2 Å². The number of benzene rings is 1. The van der Waals surface area contributed by atoms with E-state index >= 15 is 0 Å². The molecule has 5 nitrogen and oxygen atoms in total. The van der Waals surface area contributed by atoms with Crippen LogP contribution in [0.1, 0.15) is 50.5 Å². The van der Waals surface area contributed by atoms with E-state index in [1.165, 1.54) is 32.1 Å². The highest BCUT2D eigenvalue weighted by molar-refractivity contribution is 7.89. The van der Waals surface area contributed by atoms with Gasteiger partial charge in [0.15, 0.2) is 0 Å². The van der Waals surface area contributed by atoms with Gasteiger partial charge in [0.1, 0.15) is 0 Å². The van der Waals surface area contributed by atoms with Crippen molar-refractivity contribution >= 4 is 10.0 Å². The van der Waals surface area contributed by atoms with Crippen LogP contribution in [0, 0.1) is 6.92 Å². The molecule has 0 aromatic heterocycles. The highest BCUT2D eigenvalue weighted by Gasteiger charge is 2.13. The number of unbranched alkanes of at least 4 members (excludes halogenated alkanes) is 1. The first-order valence-corrected chi connectivity index (χ1v) is 11.1. The number of hydrogen-bond donors (Lipinski definition) is 3. The van der Waals surface area contributed by atoms with E-state index in [2.05, 4.69) is 15.4 Å². The Bertz CT molecular complexity index is 581. The molecule has 2 rings (SSSR count). The molecule has 0 heterocycles. The predicted molar refractivity (Wildman–Crippen MR) is 103 cm³/mol. The average Bonchev–Trinajstić information content (AvgIpc) is 2.61. The normalized spacial score (nSPS) is 16.2. The highest BCUT2D eigenvalue weighted by Crippen LogP contribution is 2.16. The molecular weight excluding hydrogens is 334 g/mol. The number of sulfonamides is 1. The third-order valence-electron chi connectivity index (χ3n) is 4.74. The van der Waals surface area contributed by atoms with E-state index in [1.807, 2.05) is 19.1 Å². The van der Waals surface area contributed by atoms with Crippen molar-refractivity contribution in [1.82, 2.24) is 15.4 Å². The minimum Gasteiger partial charge on any atom is -0.315 e. The Kier molecular flexibility index (Phi) is 8.89. The zero-order chi connectivity index (χ0) is 18.0. The molecule has 0 spiro atoms. The van der Waals surface area contributed by atoms with Gasteiger partial charge in [0.2, 0.25) is 10.0 Å².